The number of amides is 1. The van der Waals surface area contributed by atoms with Gasteiger partial charge < -0.3 is 19.7 Å². The summed E-state index contributed by atoms with van der Waals surface area (Å²) in [7, 11) is 0. The Bertz CT molecular complexity index is 868. The van der Waals surface area contributed by atoms with Gasteiger partial charge in [-0.1, -0.05) is 17.3 Å². The number of nitrogens with one attached hydrogen (secondary N) is 1. The van der Waals surface area contributed by atoms with Gasteiger partial charge in [-0.3, -0.25) is 4.79 Å². The molecule has 4 heterocycles. The molecule has 8 nitrogen and oxygen atoms in total. The molecule has 0 spiro atoms. The second kappa shape index (κ2) is 8.59. The van der Waals surface area contributed by atoms with Crippen LogP contribution >= 0.6 is 12.4 Å². The number of halogens is 1. The molecule has 5 rings (SSSR count). The maximum absolute atomic E-state index is 13.2. The summed E-state index contributed by atoms with van der Waals surface area (Å²) in [6, 6.07) is 6.22. The number of hydrogen-bond acceptors (Lipinski definition) is 6. The maximum Gasteiger partial charge on any atom is 0.276 e. The van der Waals surface area contributed by atoms with Gasteiger partial charge in [-0.05, 0) is 44.8 Å². The molecule has 1 aromatic carbocycles. The van der Waals surface area contributed by atoms with E-state index in [4.69, 9.17) is 9.47 Å². The lowest BCUT2D eigenvalue weighted by molar-refractivity contribution is 0.0724. The van der Waals surface area contributed by atoms with Crippen LogP contribution in [0.5, 0.6) is 11.5 Å². The highest BCUT2D eigenvalue weighted by molar-refractivity contribution is 5.92. The number of benzene rings is 1. The van der Waals surface area contributed by atoms with Crippen molar-refractivity contribution in [2.75, 3.05) is 32.8 Å². The minimum absolute atomic E-state index is 0. The summed E-state index contributed by atoms with van der Waals surface area (Å²) in [5, 5.41) is 11.8. The molecule has 156 valence electrons. The number of rotatable bonds is 3. The van der Waals surface area contributed by atoms with Gasteiger partial charge in [-0.25, -0.2) is 4.68 Å². The molecule has 1 unspecified atom stereocenters. The van der Waals surface area contributed by atoms with Gasteiger partial charge in [0.05, 0.1) is 18.3 Å². The first kappa shape index (κ1) is 20.0. The van der Waals surface area contributed by atoms with E-state index in [2.05, 4.69) is 15.6 Å². The van der Waals surface area contributed by atoms with E-state index in [1.54, 1.807) is 0 Å². The predicted octanol–water partition coefficient (Wildman–Crippen LogP) is 2.37. The van der Waals surface area contributed by atoms with Gasteiger partial charge in [0.1, 0.15) is 13.2 Å². The molecule has 2 aromatic rings. The minimum atomic E-state index is -0.0583. The summed E-state index contributed by atoms with van der Waals surface area (Å²) in [6.45, 7) is 3.76. The van der Waals surface area contributed by atoms with Gasteiger partial charge in [-0.15, -0.1) is 17.5 Å². The SMILES string of the molecule is Cl.O=C(c1cn(C2CCNCC2)nn1)N1CCCC1c1cccc2c1OCCO2. The van der Waals surface area contributed by atoms with Crippen molar-refractivity contribution in [2.45, 2.75) is 37.8 Å². The molecule has 2 fully saturated rings. The molecule has 29 heavy (non-hydrogen) atoms. The van der Waals surface area contributed by atoms with Crippen molar-refractivity contribution in [3.8, 4) is 11.5 Å². The number of aromatic nitrogens is 3. The molecule has 1 atom stereocenters. The summed E-state index contributed by atoms with van der Waals surface area (Å²) >= 11 is 0. The molecule has 1 amide bonds. The lowest BCUT2D eigenvalue weighted by Gasteiger charge is -2.28. The second-order valence-corrected chi connectivity index (χ2v) is 7.59. The number of fused-ring (bicyclic) bond motifs is 1. The van der Waals surface area contributed by atoms with Crippen LogP contribution in [0.2, 0.25) is 0 Å². The van der Waals surface area contributed by atoms with Crippen molar-refractivity contribution in [3.63, 3.8) is 0 Å². The van der Waals surface area contributed by atoms with Crippen molar-refractivity contribution >= 4 is 18.3 Å². The highest BCUT2D eigenvalue weighted by atomic mass is 35.5. The molecule has 3 aliphatic heterocycles. The zero-order valence-electron chi connectivity index (χ0n) is 16.2. The topological polar surface area (TPSA) is 81.5 Å². The Morgan fingerprint density at radius 1 is 1.14 bits per heavy atom. The van der Waals surface area contributed by atoms with Crippen LogP contribution in [0.25, 0.3) is 0 Å². The first-order valence-electron chi connectivity index (χ1n) is 10.1. The normalized spacial score (nSPS) is 21.7. The molecule has 0 saturated carbocycles. The summed E-state index contributed by atoms with van der Waals surface area (Å²) in [5.41, 5.74) is 1.45. The van der Waals surface area contributed by atoms with Crippen LogP contribution in [0.3, 0.4) is 0 Å². The van der Waals surface area contributed by atoms with Gasteiger partial charge in [0.25, 0.3) is 5.91 Å². The number of para-hydroxylation sites is 1. The zero-order chi connectivity index (χ0) is 18.9. The average molecular weight is 420 g/mol. The minimum Gasteiger partial charge on any atom is -0.486 e. The maximum atomic E-state index is 13.2. The zero-order valence-corrected chi connectivity index (χ0v) is 17.1. The van der Waals surface area contributed by atoms with E-state index in [0.717, 1.165) is 55.8 Å². The van der Waals surface area contributed by atoms with Crippen molar-refractivity contribution in [1.29, 1.82) is 0 Å². The number of carbonyl (C=O) groups excluding carboxylic acids is 1. The van der Waals surface area contributed by atoms with Crippen molar-refractivity contribution in [2.24, 2.45) is 0 Å². The monoisotopic (exact) mass is 419 g/mol. The molecule has 1 aromatic heterocycles. The lowest BCUT2D eigenvalue weighted by atomic mass is 10.0. The van der Waals surface area contributed by atoms with Gasteiger partial charge in [0.2, 0.25) is 0 Å². The van der Waals surface area contributed by atoms with Crippen molar-refractivity contribution in [3.05, 3.63) is 35.7 Å². The number of ether oxygens (including phenoxy) is 2. The summed E-state index contributed by atoms with van der Waals surface area (Å²) in [5.74, 6) is 1.48. The molecule has 0 bridgehead atoms. The standard InChI is InChI=1S/C20H25N5O3.ClH/c26-20(16-13-25(23-22-16)14-6-8-21-9-7-14)24-10-2-4-17(24)15-3-1-5-18-19(15)28-12-11-27-18;/h1,3,5,13-14,17,21H,2,4,6-12H2;1H. The van der Waals surface area contributed by atoms with Crippen LogP contribution in [0, 0.1) is 0 Å². The van der Waals surface area contributed by atoms with Gasteiger partial charge in [-0.2, -0.15) is 0 Å². The summed E-state index contributed by atoms with van der Waals surface area (Å²) in [6.07, 6.45) is 5.71. The summed E-state index contributed by atoms with van der Waals surface area (Å²) < 4.78 is 13.5. The quantitative estimate of drug-likeness (QED) is 0.822. The molecular formula is C20H26ClN5O3. The number of piperidine rings is 1. The predicted molar refractivity (Wildman–Crippen MR) is 109 cm³/mol. The van der Waals surface area contributed by atoms with E-state index in [1.807, 2.05) is 34.0 Å². The average Bonchev–Trinajstić information content (AvgIpc) is 3.43. The number of hydrogen-bond donors (Lipinski definition) is 1. The van der Waals surface area contributed by atoms with E-state index in [-0.39, 0.29) is 24.4 Å². The smallest absolute Gasteiger partial charge is 0.276 e. The molecule has 9 heteroatoms. The Balaban J connectivity index is 0.00000205. The van der Waals surface area contributed by atoms with E-state index >= 15 is 0 Å². The molecule has 2 saturated heterocycles. The highest BCUT2D eigenvalue weighted by Crippen LogP contribution is 2.43. The van der Waals surface area contributed by atoms with Crippen LogP contribution in [0.1, 0.15) is 53.8 Å². The van der Waals surface area contributed by atoms with Crippen LogP contribution in [0.15, 0.2) is 24.4 Å². The first-order valence-corrected chi connectivity index (χ1v) is 10.1. The Labute approximate surface area is 175 Å². The van der Waals surface area contributed by atoms with E-state index in [0.29, 0.717) is 31.5 Å². The number of carbonyl (C=O) groups is 1. The Morgan fingerprint density at radius 2 is 1.97 bits per heavy atom. The van der Waals surface area contributed by atoms with Gasteiger partial charge >= 0.3 is 0 Å². The van der Waals surface area contributed by atoms with E-state index in [1.165, 1.54) is 0 Å². The van der Waals surface area contributed by atoms with Gasteiger partial charge in [0.15, 0.2) is 17.2 Å². The van der Waals surface area contributed by atoms with Crippen LogP contribution < -0.4 is 14.8 Å². The molecule has 3 aliphatic rings. The largest absolute Gasteiger partial charge is 0.486 e. The van der Waals surface area contributed by atoms with E-state index in [9.17, 15) is 4.79 Å². The van der Waals surface area contributed by atoms with Crippen molar-refractivity contribution in [1.82, 2.24) is 25.2 Å². The fourth-order valence-corrected chi connectivity index (χ4v) is 4.46. The highest BCUT2D eigenvalue weighted by Gasteiger charge is 2.35. The third-order valence-electron chi connectivity index (χ3n) is 5.88. The van der Waals surface area contributed by atoms with Crippen LogP contribution in [-0.4, -0.2) is 58.6 Å². The second-order valence-electron chi connectivity index (χ2n) is 7.59. The Kier molecular flexibility index (Phi) is 5.91. The van der Waals surface area contributed by atoms with Gasteiger partial charge in [0, 0.05) is 12.1 Å². The molecule has 0 radical (unpaired) electrons. The molecular weight excluding hydrogens is 394 g/mol. The lowest BCUT2D eigenvalue weighted by Crippen LogP contribution is -2.31. The fourth-order valence-electron chi connectivity index (χ4n) is 4.46. The number of nitrogens with zero attached hydrogens (tertiary/aromatic N) is 4. The Morgan fingerprint density at radius 3 is 2.83 bits per heavy atom. The third-order valence-corrected chi connectivity index (χ3v) is 5.88. The fraction of sp³-hybridized carbons (Fsp3) is 0.550. The molecule has 1 N–H and O–H groups in total. The molecule has 0 aliphatic carbocycles. The van der Waals surface area contributed by atoms with Crippen LogP contribution in [-0.2, 0) is 0 Å². The van der Waals surface area contributed by atoms with Crippen LogP contribution in [0.4, 0.5) is 0 Å². The first-order chi connectivity index (χ1) is 13.8. The van der Waals surface area contributed by atoms with Crippen molar-refractivity contribution < 1.29 is 14.3 Å². The number of likely N-dealkylation sites (tertiary alicyclic amines) is 1. The third kappa shape index (κ3) is 3.79. The van der Waals surface area contributed by atoms with E-state index < -0.39 is 0 Å². The summed E-state index contributed by atoms with van der Waals surface area (Å²) in [4.78, 5) is 15.1. The Hall–Kier alpha value is -2.32.